The molecule has 2 aromatic heterocycles. The fourth-order valence-corrected chi connectivity index (χ4v) is 13.6. The number of hydrogen-bond donors (Lipinski definition) is 8. The number of ether oxygens (including phenoxy) is 1. The zero-order valence-electron chi connectivity index (χ0n) is 42.8. The van der Waals surface area contributed by atoms with Gasteiger partial charge in [0.1, 0.15) is 17.4 Å². The quantitative estimate of drug-likeness (QED) is 0.0618. The van der Waals surface area contributed by atoms with Gasteiger partial charge in [0.05, 0.1) is 23.7 Å². The first kappa shape index (κ1) is 50.5. The maximum Gasteiger partial charge on any atom is 0.161 e. The summed E-state index contributed by atoms with van der Waals surface area (Å²) >= 11 is 0. The summed E-state index contributed by atoms with van der Waals surface area (Å²) in [4.78, 5) is 37.4. The van der Waals surface area contributed by atoms with Crippen LogP contribution in [0.5, 0.6) is 17.2 Å². The molecular formula is C64H71N3O8. The Morgan fingerprint density at radius 2 is 1.56 bits per heavy atom. The largest absolute Gasteiger partial charge is 0.507 e. The third-order valence-corrected chi connectivity index (χ3v) is 17.6. The Balaban J connectivity index is 1.01. The normalized spacial score (nSPS) is 23.3. The summed E-state index contributed by atoms with van der Waals surface area (Å²) in [5, 5.41) is 62.3. The fraction of sp³-hybridized carbons (Fsp3) is 0.406. The second-order valence-electron chi connectivity index (χ2n) is 22.3. The first-order chi connectivity index (χ1) is 36.5. The van der Waals surface area contributed by atoms with E-state index in [2.05, 4.69) is 51.7 Å². The van der Waals surface area contributed by atoms with Gasteiger partial charge >= 0.3 is 0 Å². The topological polar surface area (TPSA) is 188 Å². The SMILES string of the molecule is O=C1CCc2cc(c(O)c(OC3CCCC3)c2)Cc2ccc(C3(C(O)Cc4ccccc4)CCCC3)c(c2)Cc2cc[nH]c2NCC2=Cc3[nH]ccc3C(CC3(O)C=Cc4c(O)cccc4CC3)C2C(=O)C1CCO. The lowest BCUT2D eigenvalue weighted by atomic mass is 9.67. The van der Waals surface area contributed by atoms with E-state index in [0.717, 1.165) is 113 Å². The number of Topliss-reactive ketones (excluding diaryl/α,β-unsaturated/α-hetero) is 2. The fourth-order valence-electron chi connectivity index (χ4n) is 13.6. The number of anilines is 1. The molecule has 2 fully saturated rings. The van der Waals surface area contributed by atoms with Gasteiger partial charge in [-0.15, -0.1) is 0 Å². The molecule has 4 aliphatic carbocycles. The molecule has 0 spiro atoms. The predicted octanol–water partition coefficient (Wildman–Crippen LogP) is 10.7. The molecule has 8 N–H and O–H groups in total. The number of hydrogen-bond acceptors (Lipinski definition) is 9. The minimum Gasteiger partial charge on any atom is -0.507 e. The van der Waals surface area contributed by atoms with Crippen LogP contribution >= 0.6 is 0 Å². The Bertz CT molecular complexity index is 3100. The number of rotatable bonds is 10. The molecule has 4 aromatic carbocycles. The van der Waals surface area contributed by atoms with Crippen molar-refractivity contribution in [1.29, 1.82) is 0 Å². The Kier molecular flexibility index (Phi) is 14.5. The molecule has 75 heavy (non-hydrogen) atoms. The highest BCUT2D eigenvalue weighted by Crippen LogP contribution is 2.49. The van der Waals surface area contributed by atoms with E-state index in [-0.39, 0.29) is 61.6 Å². The number of aryl methyl sites for hydroxylation is 2. The molecule has 2 saturated carbocycles. The van der Waals surface area contributed by atoms with Crippen molar-refractivity contribution in [2.75, 3.05) is 18.5 Å². The van der Waals surface area contributed by atoms with Gasteiger partial charge in [0.25, 0.3) is 0 Å². The number of nitrogens with one attached hydrogen (secondary N) is 3. The van der Waals surface area contributed by atoms with Crippen LogP contribution in [0.15, 0.2) is 115 Å². The van der Waals surface area contributed by atoms with Crippen molar-refractivity contribution in [2.45, 2.75) is 138 Å². The van der Waals surface area contributed by atoms with Gasteiger partial charge < -0.3 is 45.6 Å². The summed E-state index contributed by atoms with van der Waals surface area (Å²) < 4.78 is 6.57. The highest BCUT2D eigenvalue weighted by Gasteiger charge is 2.46. The molecule has 0 radical (unpaired) electrons. The molecule has 5 atom stereocenters. The minimum atomic E-state index is -1.37. The number of aliphatic hydroxyl groups excluding tert-OH is 2. The van der Waals surface area contributed by atoms with Crippen molar-refractivity contribution in [2.24, 2.45) is 11.8 Å². The molecule has 11 heteroatoms. The monoisotopic (exact) mass is 1010 g/mol. The summed E-state index contributed by atoms with van der Waals surface area (Å²) in [7, 11) is 0. The van der Waals surface area contributed by atoms with Crippen LogP contribution in [-0.2, 0) is 47.1 Å². The lowest BCUT2D eigenvalue weighted by Gasteiger charge is -2.38. The number of aromatic nitrogens is 2. The second-order valence-corrected chi connectivity index (χ2v) is 22.3. The van der Waals surface area contributed by atoms with Crippen molar-refractivity contribution in [3.63, 3.8) is 0 Å². The van der Waals surface area contributed by atoms with Crippen LogP contribution in [0.2, 0.25) is 0 Å². The van der Waals surface area contributed by atoms with Crippen LogP contribution in [0.1, 0.15) is 144 Å². The van der Waals surface area contributed by atoms with Gasteiger partial charge in [0, 0.05) is 78.9 Å². The van der Waals surface area contributed by atoms with Crippen molar-refractivity contribution in [1.82, 2.24) is 9.97 Å². The van der Waals surface area contributed by atoms with E-state index in [1.165, 1.54) is 0 Å². The lowest BCUT2D eigenvalue weighted by Crippen LogP contribution is -2.40. The third kappa shape index (κ3) is 10.4. The standard InChI is InChI=1S/C64H71N3O8/c68-30-23-51-56(70)18-16-42-33-46(60(72)57(34-42)75-48-12-4-5-13-48)32-41-15-17-53(64(24-6-7-25-64)58(71)35-40-9-2-1-3-10-40)45(31-41)36-44-21-28-66-62(44)67-39-47-37-54-50(22-29-65-54)52(59(47)61(51)73)38-63(74)26-19-43-11-8-14-55(69)49(43)20-27-63/h1-3,8-11,14-15,17,20-22,27-29,31,33-34,37,48,51-52,58-59,65-69,71-72,74H,4-7,12-13,16,18-19,23-26,30,32,35-36,38-39H2. The molecule has 11 nitrogen and oxygen atoms in total. The Labute approximate surface area is 439 Å². The average Bonchev–Trinajstić information content (AvgIpc) is 4.27. The second kappa shape index (κ2) is 21.5. The maximum atomic E-state index is 15.7. The number of H-pyrrole nitrogens is 2. The van der Waals surface area contributed by atoms with E-state index in [0.29, 0.717) is 55.4 Å². The number of phenols is 2. The van der Waals surface area contributed by atoms with Gasteiger partial charge in [-0.05, 0) is 157 Å². The van der Waals surface area contributed by atoms with Crippen LogP contribution in [0, 0.1) is 11.8 Å². The third-order valence-electron chi connectivity index (χ3n) is 17.6. The zero-order chi connectivity index (χ0) is 51.7. The molecule has 11 rings (SSSR count). The van der Waals surface area contributed by atoms with E-state index in [1.54, 1.807) is 18.2 Å². The number of aromatic hydroxyl groups is 2. The molecule has 390 valence electrons. The first-order valence-corrected chi connectivity index (χ1v) is 27.5. The van der Waals surface area contributed by atoms with E-state index < -0.39 is 34.9 Å². The predicted molar refractivity (Wildman–Crippen MR) is 292 cm³/mol. The van der Waals surface area contributed by atoms with Crippen LogP contribution in [0.25, 0.3) is 12.2 Å². The summed E-state index contributed by atoms with van der Waals surface area (Å²) in [6, 6.07) is 30.1. The average molecular weight is 1010 g/mol. The van der Waals surface area contributed by atoms with E-state index in [9.17, 15) is 30.3 Å². The minimum absolute atomic E-state index is 0.0261. The Morgan fingerprint density at radius 3 is 2.37 bits per heavy atom. The Morgan fingerprint density at radius 1 is 0.760 bits per heavy atom. The Hall–Kier alpha value is -6.66. The highest BCUT2D eigenvalue weighted by atomic mass is 16.5. The van der Waals surface area contributed by atoms with E-state index in [4.69, 9.17) is 4.74 Å². The number of carbonyl (C=O) groups is 2. The number of benzene rings is 4. The van der Waals surface area contributed by atoms with Crippen LogP contribution in [0.3, 0.4) is 0 Å². The number of phenolic OH excluding ortho intramolecular Hbond substituents is 2. The highest BCUT2D eigenvalue weighted by molar-refractivity contribution is 6.05. The molecule has 6 aromatic rings. The smallest absolute Gasteiger partial charge is 0.161 e. The number of aromatic amines is 2. The maximum absolute atomic E-state index is 15.7. The summed E-state index contributed by atoms with van der Waals surface area (Å²) in [5.41, 5.74) is 9.01. The van der Waals surface area contributed by atoms with E-state index in [1.807, 2.05) is 67.0 Å². The lowest BCUT2D eigenvalue weighted by molar-refractivity contribution is -0.135. The first-order valence-electron chi connectivity index (χ1n) is 27.5. The van der Waals surface area contributed by atoms with Crippen LogP contribution in [-0.4, -0.2) is 78.0 Å². The molecule has 4 bridgehead atoms. The van der Waals surface area contributed by atoms with Gasteiger partial charge in [-0.1, -0.05) is 91.7 Å². The van der Waals surface area contributed by atoms with Gasteiger partial charge in [-0.3, -0.25) is 9.59 Å². The van der Waals surface area contributed by atoms with Crippen molar-refractivity contribution in [3.05, 3.63) is 176 Å². The number of carbonyl (C=O) groups excluding carboxylic acids is 2. The molecule has 5 unspecified atom stereocenters. The molecular weight excluding hydrogens is 939 g/mol. The van der Waals surface area contributed by atoms with Gasteiger partial charge in [0.15, 0.2) is 17.3 Å². The number of aliphatic hydroxyl groups is 3. The molecule has 3 heterocycles. The molecule has 5 aliphatic rings. The van der Waals surface area contributed by atoms with Crippen molar-refractivity contribution < 1.29 is 39.9 Å². The van der Waals surface area contributed by atoms with Crippen molar-refractivity contribution >= 4 is 29.5 Å². The molecule has 0 amide bonds. The van der Waals surface area contributed by atoms with Crippen molar-refractivity contribution in [3.8, 4) is 17.2 Å². The molecule has 0 saturated heterocycles. The summed E-state index contributed by atoms with van der Waals surface area (Å²) in [6.07, 6.45) is 19.1. The molecule has 1 aliphatic heterocycles. The zero-order valence-corrected chi connectivity index (χ0v) is 42.8. The number of fused-ring (bicyclic) bond motifs is 8. The number of ketones is 2. The summed E-state index contributed by atoms with van der Waals surface area (Å²) in [5.74, 6) is -1.69. The summed E-state index contributed by atoms with van der Waals surface area (Å²) in [6.45, 7) is -0.117. The van der Waals surface area contributed by atoms with Gasteiger partial charge in [-0.2, -0.15) is 0 Å². The van der Waals surface area contributed by atoms with Crippen LogP contribution in [0.4, 0.5) is 5.82 Å². The van der Waals surface area contributed by atoms with E-state index >= 15 is 4.79 Å². The van der Waals surface area contributed by atoms with Gasteiger partial charge in [0.2, 0.25) is 0 Å². The van der Waals surface area contributed by atoms with Gasteiger partial charge in [-0.25, -0.2) is 0 Å². The van der Waals surface area contributed by atoms with Crippen LogP contribution < -0.4 is 10.1 Å².